The Bertz CT molecular complexity index is 1790. The molecule has 7 rings (SSSR count). The van der Waals surface area contributed by atoms with Crippen LogP contribution >= 0.6 is 11.6 Å². The summed E-state index contributed by atoms with van der Waals surface area (Å²) in [4.78, 5) is 31.8. The number of rotatable bonds is 6. The van der Waals surface area contributed by atoms with Crippen LogP contribution in [0.3, 0.4) is 0 Å². The summed E-state index contributed by atoms with van der Waals surface area (Å²) in [6, 6.07) is 18.0. The van der Waals surface area contributed by atoms with Crippen LogP contribution < -0.4 is 10.7 Å². The maximum absolute atomic E-state index is 11.8. The second-order valence-electron chi connectivity index (χ2n) is 11.8. The highest BCUT2D eigenvalue weighted by molar-refractivity contribution is 6.30. The van der Waals surface area contributed by atoms with E-state index in [-0.39, 0.29) is 23.8 Å². The summed E-state index contributed by atoms with van der Waals surface area (Å²) >= 11 is 6.48. The first-order chi connectivity index (χ1) is 20.9. The summed E-state index contributed by atoms with van der Waals surface area (Å²) in [5.74, 6) is 1.78. The smallest absolute Gasteiger partial charge is 0.374 e. The van der Waals surface area contributed by atoms with E-state index in [9.17, 15) is 4.79 Å². The van der Waals surface area contributed by atoms with E-state index in [0.717, 1.165) is 42.3 Å². The number of benzene rings is 2. The Balaban J connectivity index is 1.46. The van der Waals surface area contributed by atoms with Crippen LogP contribution in [0.5, 0.6) is 0 Å². The Hall–Kier alpha value is -4.02. The number of fused-ring (bicyclic) bond motifs is 1. The molecule has 0 spiro atoms. The fourth-order valence-corrected chi connectivity index (χ4v) is 6.79. The van der Waals surface area contributed by atoms with Gasteiger partial charge in [-0.1, -0.05) is 79.0 Å². The van der Waals surface area contributed by atoms with Crippen LogP contribution in [-0.2, 0) is 11.3 Å². The number of nitrogens with one attached hydrogen (secondary N) is 1. The predicted molar refractivity (Wildman–Crippen MR) is 165 cm³/mol. The maximum Gasteiger partial charge on any atom is 0.439 e. The first-order valence-electron chi connectivity index (χ1n) is 15.0. The highest BCUT2D eigenvalue weighted by Gasteiger charge is 2.35. The summed E-state index contributed by atoms with van der Waals surface area (Å²) in [6.45, 7) is 6.53. The number of hydrogen-bond acceptors (Lipinski definition) is 8. The zero-order valence-corrected chi connectivity index (χ0v) is 25.0. The zero-order chi connectivity index (χ0) is 29.5. The molecule has 1 aliphatic heterocycles. The topological polar surface area (TPSA) is 115 Å². The second kappa shape index (κ2) is 11.6. The molecule has 3 aromatic heterocycles. The van der Waals surface area contributed by atoms with Gasteiger partial charge in [0, 0.05) is 23.7 Å². The molecule has 222 valence electrons. The number of halogens is 1. The molecule has 1 saturated carbocycles. The lowest BCUT2D eigenvalue weighted by Gasteiger charge is -2.41. The summed E-state index contributed by atoms with van der Waals surface area (Å²) in [5, 5.41) is 4.47. The van der Waals surface area contributed by atoms with Gasteiger partial charge in [-0.25, -0.2) is 14.8 Å². The van der Waals surface area contributed by atoms with Crippen molar-refractivity contribution in [3.63, 3.8) is 0 Å². The summed E-state index contributed by atoms with van der Waals surface area (Å²) in [5.41, 5.74) is 4.02. The molecule has 0 unspecified atom stereocenters. The lowest BCUT2D eigenvalue weighted by molar-refractivity contribution is 0.0221. The third-order valence-electron chi connectivity index (χ3n) is 8.80. The molecular weight excluding hydrogens is 566 g/mol. The van der Waals surface area contributed by atoms with Crippen molar-refractivity contribution in [3.8, 4) is 22.9 Å². The number of morpholine rings is 1. The highest BCUT2D eigenvalue weighted by Crippen LogP contribution is 2.40. The number of hydrogen-bond donors (Lipinski definition) is 1. The third-order valence-corrected chi connectivity index (χ3v) is 9.04. The standard InChI is InChI=1S/C32H34ClN7O3/c1-19-11-13-21(14-12-19)18-40-27-25(23-9-6-10-24(33)17-23)34-29(30-37-32(41)43-38-30)35-28(27)36-31(40)39-15-16-42-20(2)26(39)22-7-4-3-5-8-22/h3-10,17,19-21,26H,11-16,18H2,1-2H3,(H,37,38,41)/t19-,20-,21-,26-/m0/s1. The van der Waals surface area contributed by atoms with Crippen LogP contribution in [-0.4, -0.2) is 48.9 Å². The fourth-order valence-electron chi connectivity index (χ4n) is 6.60. The normalized spacial score (nSPS) is 22.7. The van der Waals surface area contributed by atoms with Gasteiger partial charge in [0.1, 0.15) is 11.2 Å². The Morgan fingerprint density at radius 2 is 1.81 bits per heavy atom. The Labute approximate surface area is 254 Å². The minimum atomic E-state index is -0.672. The van der Waals surface area contributed by atoms with Crippen LogP contribution in [0.2, 0.25) is 5.02 Å². The molecule has 1 N–H and O–H groups in total. The van der Waals surface area contributed by atoms with Crippen molar-refractivity contribution in [2.45, 2.75) is 58.2 Å². The summed E-state index contributed by atoms with van der Waals surface area (Å²) in [6.07, 6.45) is 4.71. The zero-order valence-electron chi connectivity index (χ0n) is 24.2. The van der Waals surface area contributed by atoms with Crippen molar-refractivity contribution in [3.05, 3.63) is 75.7 Å². The van der Waals surface area contributed by atoms with Crippen molar-refractivity contribution >= 4 is 28.7 Å². The number of anilines is 1. The largest absolute Gasteiger partial charge is 0.439 e. The minimum absolute atomic E-state index is 0.0363. The SMILES string of the molecule is C[C@@H]1OCCN(c2nc3nc(-c4noc(=O)[nH]4)nc(-c4cccc(Cl)c4)c3n2C[C@H]2CC[C@H](C)CC2)[C@@H]1c1ccccc1. The molecule has 5 aromatic rings. The van der Waals surface area contributed by atoms with Gasteiger partial charge in [-0.15, -0.1) is 0 Å². The number of ether oxygens (including phenoxy) is 1. The Kier molecular flexibility index (Phi) is 7.48. The molecule has 2 fully saturated rings. The molecule has 43 heavy (non-hydrogen) atoms. The molecule has 10 nitrogen and oxygen atoms in total. The first-order valence-corrected chi connectivity index (χ1v) is 15.4. The van der Waals surface area contributed by atoms with E-state index in [1.807, 2.05) is 30.3 Å². The van der Waals surface area contributed by atoms with Crippen molar-refractivity contribution in [1.29, 1.82) is 0 Å². The molecule has 2 aromatic carbocycles. The van der Waals surface area contributed by atoms with Gasteiger partial charge in [0.05, 0.1) is 18.8 Å². The van der Waals surface area contributed by atoms with E-state index in [4.69, 9.17) is 35.8 Å². The lowest BCUT2D eigenvalue weighted by atomic mass is 9.83. The van der Waals surface area contributed by atoms with Gasteiger partial charge >= 0.3 is 5.76 Å². The molecule has 11 heteroatoms. The van der Waals surface area contributed by atoms with Crippen LogP contribution in [0.15, 0.2) is 63.9 Å². The molecular formula is C32H34ClN7O3. The van der Waals surface area contributed by atoms with Gasteiger partial charge in [0.2, 0.25) is 17.6 Å². The molecule has 2 atom stereocenters. The number of aromatic amines is 1. The van der Waals surface area contributed by atoms with Crippen LogP contribution in [0.25, 0.3) is 34.1 Å². The van der Waals surface area contributed by atoms with Gasteiger partial charge in [-0.2, -0.15) is 4.98 Å². The molecule has 1 aliphatic carbocycles. The van der Waals surface area contributed by atoms with Gasteiger partial charge < -0.3 is 14.2 Å². The quantitative estimate of drug-likeness (QED) is 0.242. The molecule has 0 amide bonds. The van der Waals surface area contributed by atoms with Crippen LogP contribution in [0.1, 0.15) is 51.1 Å². The molecule has 0 bridgehead atoms. The second-order valence-corrected chi connectivity index (χ2v) is 12.2. The maximum atomic E-state index is 11.8. The van der Waals surface area contributed by atoms with Crippen molar-refractivity contribution in [1.82, 2.24) is 29.7 Å². The van der Waals surface area contributed by atoms with Crippen LogP contribution in [0, 0.1) is 11.8 Å². The summed E-state index contributed by atoms with van der Waals surface area (Å²) in [7, 11) is 0. The molecule has 0 radical (unpaired) electrons. The average Bonchev–Trinajstić information content (AvgIpc) is 3.61. The average molecular weight is 600 g/mol. The minimum Gasteiger partial charge on any atom is -0.374 e. The van der Waals surface area contributed by atoms with E-state index in [0.29, 0.717) is 35.4 Å². The molecule has 1 saturated heterocycles. The molecule has 4 heterocycles. The third kappa shape index (κ3) is 5.45. The van der Waals surface area contributed by atoms with E-state index in [1.54, 1.807) is 0 Å². The number of nitrogens with zero attached hydrogens (tertiary/aromatic N) is 6. The Morgan fingerprint density at radius 3 is 2.56 bits per heavy atom. The van der Waals surface area contributed by atoms with E-state index < -0.39 is 5.76 Å². The van der Waals surface area contributed by atoms with Crippen molar-refractivity contribution in [2.24, 2.45) is 11.8 Å². The van der Waals surface area contributed by atoms with Gasteiger partial charge in [0.25, 0.3) is 0 Å². The van der Waals surface area contributed by atoms with Crippen molar-refractivity contribution in [2.75, 3.05) is 18.1 Å². The predicted octanol–water partition coefficient (Wildman–Crippen LogP) is 6.28. The Morgan fingerprint density at radius 1 is 1.00 bits per heavy atom. The van der Waals surface area contributed by atoms with Gasteiger partial charge in [-0.05, 0) is 49.3 Å². The number of imidazole rings is 1. The van der Waals surface area contributed by atoms with Gasteiger partial charge in [-0.3, -0.25) is 9.51 Å². The fraction of sp³-hybridized carbons (Fsp3) is 0.406. The number of aromatic nitrogens is 6. The summed E-state index contributed by atoms with van der Waals surface area (Å²) < 4.78 is 13.3. The van der Waals surface area contributed by atoms with E-state index in [2.05, 4.69) is 57.7 Å². The van der Waals surface area contributed by atoms with Gasteiger partial charge in [0.15, 0.2) is 5.65 Å². The van der Waals surface area contributed by atoms with Crippen molar-refractivity contribution < 1.29 is 9.26 Å². The monoisotopic (exact) mass is 599 g/mol. The number of H-pyrrole nitrogens is 1. The highest BCUT2D eigenvalue weighted by atomic mass is 35.5. The van der Waals surface area contributed by atoms with Crippen LogP contribution in [0.4, 0.5) is 5.95 Å². The lowest BCUT2D eigenvalue weighted by Crippen LogP contribution is -2.45. The first kappa shape index (κ1) is 27.8. The van der Waals surface area contributed by atoms with E-state index >= 15 is 0 Å². The molecule has 2 aliphatic rings. The van der Waals surface area contributed by atoms with E-state index in [1.165, 1.54) is 18.4 Å².